The molecule has 2 heterocycles. The van der Waals surface area contributed by atoms with Gasteiger partial charge >= 0.3 is 7.12 Å². The Labute approximate surface area is 198 Å². The maximum atomic E-state index is 12.0. The summed E-state index contributed by atoms with van der Waals surface area (Å²) in [6.45, 7) is 3.50. The summed E-state index contributed by atoms with van der Waals surface area (Å²) in [5, 5.41) is 25.8. The highest BCUT2D eigenvalue weighted by molar-refractivity contribution is 6.58. The molecule has 1 amide bonds. The van der Waals surface area contributed by atoms with Crippen molar-refractivity contribution in [3.05, 3.63) is 76.2 Å². The van der Waals surface area contributed by atoms with Gasteiger partial charge in [-0.3, -0.25) is 4.79 Å². The first-order chi connectivity index (χ1) is 16.4. The standard InChI is InChI=1S/C25H28BN5O3/c1-14-11-19-17(7-3-8-18(19)23(27)32)21(14)24-30-20-9-4-10-28-22(20)25(31-24)29-13-15-5-2-6-16(12-15)26(33)34/h2-3,5-8,12,14,21,28,33-34H,4,9-11,13H2,1H3,(H2,27,32)(H,29,30,31). The normalized spacial score (nSPS) is 18.6. The molecule has 6 N–H and O–H groups in total. The van der Waals surface area contributed by atoms with Crippen LogP contribution in [0, 0.1) is 5.92 Å². The highest BCUT2D eigenvalue weighted by Crippen LogP contribution is 2.43. The lowest BCUT2D eigenvalue weighted by Gasteiger charge is -2.24. The fraction of sp³-hybridized carbons (Fsp3) is 0.320. The lowest BCUT2D eigenvalue weighted by Crippen LogP contribution is -2.30. The van der Waals surface area contributed by atoms with Gasteiger partial charge in [0, 0.05) is 24.6 Å². The molecule has 34 heavy (non-hydrogen) atoms. The zero-order valence-electron chi connectivity index (χ0n) is 19.1. The molecule has 8 nitrogen and oxygen atoms in total. The number of nitrogens with one attached hydrogen (secondary N) is 2. The first-order valence-electron chi connectivity index (χ1n) is 11.7. The van der Waals surface area contributed by atoms with E-state index in [0.29, 0.717) is 17.6 Å². The van der Waals surface area contributed by atoms with Gasteiger partial charge in [-0.25, -0.2) is 9.97 Å². The topological polar surface area (TPSA) is 133 Å². The second-order valence-electron chi connectivity index (χ2n) is 9.15. The maximum Gasteiger partial charge on any atom is 0.488 e. The number of amides is 1. The molecule has 9 heteroatoms. The molecule has 2 aromatic carbocycles. The van der Waals surface area contributed by atoms with Crippen LogP contribution in [0.2, 0.25) is 0 Å². The average Bonchev–Trinajstić information content (AvgIpc) is 3.18. The molecule has 2 aliphatic rings. The van der Waals surface area contributed by atoms with E-state index < -0.39 is 13.0 Å². The number of hydrogen-bond donors (Lipinski definition) is 5. The van der Waals surface area contributed by atoms with Crippen molar-refractivity contribution in [3.63, 3.8) is 0 Å². The number of nitrogens with zero attached hydrogens (tertiary/aromatic N) is 2. The van der Waals surface area contributed by atoms with Gasteiger partial charge in [0.2, 0.25) is 5.91 Å². The minimum absolute atomic E-state index is 0.0186. The van der Waals surface area contributed by atoms with E-state index in [1.54, 1.807) is 24.3 Å². The first kappa shape index (κ1) is 22.4. The Bertz CT molecular complexity index is 1250. The molecule has 3 aromatic rings. The van der Waals surface area contributed by atoms with Crippen LogP contribution in [0.4, 0.5) is 11.5 Å². The van der Waals surface area contributed by atoms with Crippen LogP contribution in [0.25, 0.3) is 0 Å². The Kier molecular flexibility index (Phi) is 5.97. The van der Waals surface area contributed by atoms with E-state index in [0.717, 1.165) is 65.5 Å². The smallest absolute Gasteiger partial charge is 0.423 e. The number of carbonyl (C=O) groups is 1. The summed E-state index contributed by atoms with van der Waals surface area (Å²) in [6.07, 6.45) is 2.63. The maximum absolute atomic E-state index is 12.0. The molecule has 0 fully saturated rings. The van der Waals surface area contributed by atoms with Crippen LogP contribution in [0.3, 0.4) is 0 Å². The number of aryl methyl sites for hydroxylation is 1. The van der Waals surface area contributed by atoms with Crippen LogP contribution in [0.15, 0.2) is 42.5 Å². The van der Waals surface area contributed by atoms with Gasteiger partial charge in [0.1, 0.15) is 5.82 Å². The van der Waals surface area contributed by atoms with Gasteiger partial charge in [-0.2, -0.15) is 0 Å². The number of primary amides is 1. The van der Waals surface area contributed by atoms with Crippen molar-refractivity contribution in [1.29, 1.82) is 0 Å². The molecule has 174 valence electrons. The van der Waals surface area contributed by atoms with Gasteiger partial charge in [-0.1, -0.05) is 43.3 Å². The molecular formula is C25H28BN5O3. The zero-order chi connectivity index (χ0) is 23.8. The molecule has 2 unspecified atom stereocenters. The van der Waals surface area contributed by atoms with Gasteiger partial charge < -0.3 is 26.4 Å². The lowest BCUT2D eigenvalue weighted by atomic mass is 9.79. The molecule has 1 aliphatic carbocycles. The summed E-state index contributed by atoms with van der Waals surface area (Å²) < 4.78 is 0. The third-order valence-electron chi connectivity index (χ3n) is 6.79. The van der Waals surface area contributed by atoms with E-state index in [9.17, 15) is 14.8 Å². The summed E-state index contributed by atoms with van der Waals surface area (Å²) in [6, 6.07) is 12.9. The molecule has 0 saturated carbocycles. The van der Waals surface area contributed by atoms with Crippen molar-refractivity contribution in [3.8, 4) is 0 Å². The highest BCUT2D eigenvalue weighted by atomic mass is 16.4. The Balaban J connectivity index is 1.51. The number of hydrogen-bond acceptors (Lipinski definition) is 7. The van der Waals surface area contributed by atoms with E-state index in [2.05, 4.69) is 23.6 Å². The molecule has 2 atom stereocenters. The Morgan fingerprint density at radius 3 is 2.85 bits per heavy atom. The number of fused-ring (bicyclic) bond motifs is 2. The van der Waals surface area contributed by atoms with Gasteiger partial charge in [-0.15, -0.1) is 0 Å². The van der Waals surface area contributed by atoms with Crippen molar-refractivity contribution in [2.24, 2.45) is 11.7 Å². The summed E-state index contributed by atoms with van der Waals surface area (Å²) in [5.41, 5.74) is 11.6. The van der Waals surface area contributed by atoms with Crippen LogP contribution in [0.1, 0.15) is 57.8 Å². The first-order valence-corrected chi connectivity index (χ1v) is 11.7. The Hall–Kier alpha value is -3.43. The predicted molar refractivity (Wildman–Crippen MR) is 132 cm³/mol. The summed E-state index contributed by atoms with van der Waals surface area (Å²) in [7, 11) is -1.51. The molecule has 1 aliphatic heterocycles. The molecule has 1 aromatic heterocycles. The predicted octanol–water partition coefficient (Wildman–Crippen LogP) is 1.55. The van der Waals surface area contributed by atoms with Crippen LogP contribution < -0.4 is 21.8 Å². The van der Waals surface area contributed by atoms with Crippen LogP contribution in [0.5, 0.6) is 0 Å². The molecule has 0 spiro atoms. The number of carbonyl (C=O) groups excluding carboxylic acids is 1. The van der Waals surface area contributed by atoms with Crippen molar-refractivity contribution < 1.29 is 14.8 Å². The largest absolute Gasteiger partial charge is 0.488 e. The highest BCUT2D eigenvalue weighted by Gasteiger charge is 2.36. The van der Waals surface area contributed by atoms with E-state index >= 15 is 0 Å². The van der Waals surface area contributed by atoms with E-state index in [1.807, 2.05) is 12.1 Å². The summed E-state index contributed by atoms with van der Waals surface area (Å²) in [4.78, 5) is 21.9. The SMILES string of the molecule is CC1Cc2c(C(N)=O)cccc2C1c1nc2c(c(NCc3cccc(B(O)O)c3)n1)NCCC2. The van der Waals surface area contributed by atoms with Gasteiger partial charge in [-0.05, 0) is 53.4 Å². The van der Waals surface area contributed by atoms with Gasteiger partial charge in [0.15, 0.2) is 5.82 Å². The van der Waals surface area contributed by atoms with Crippen molar-refractivity contribution in [2.75, 3.05) is 17.2 Å². The lowest BCUT2D eigenvalue weighted by molar-refractivity contribution is 0.0999. The molecule has 0 bridgehead atoms. The zero-order valence-corrected chi connectivity index (χ0v) is 19.1. The monoisotopic (exact) mass is 457 g/mol. The average molecular weight is 457 g/mol. The molecule has 5 rings (SSSR count). The quantitative estimate of drug-likeness (QED) is 0.355. The van der Waals surface area contributed by atoms with E-state index in [1.165, 1.54) is 0 Å². The molecule has 0 saturated heterocycles. The summed E-state index contributed by atoms with van der Waals surface area (Å²) in [5.74, 6) is 1.30. The third kappa shape index (κ3) is 4.13. The fourth-order valence-electron chi connectivity index (χ4n) is 5.17. The minimum atomic E-state index is -1.51. The number of nitrogens with two attached hydrogens (primary N) is 1. The van der Waals surface area contributed by atoms with Crippen molar-refractivity contribution in [2.45, 2.75) is 38.6 Å². The Morgan fingerprint density at radius 2 is 2.06 bits per heavy atom. The van der Waals surface area contributed by atoms with Gasteiger partial charge in [0.25, 0.3) is 0 Å². The third-order valence-corrected chi connectivity index (χ3v) is 6.79. The van der Waals surface area contributed by atoms with Crippen molar-refractivity contribution in [1.82, 2.24) is 9.97 Å². The van der Waals surface area contributed by atoms with Crippen LogP contribution in [-0.2, 0) is 19.4 Å². The Morgan fingerprint density at radius 1 is 1.24 bits per heavy atom. The number of anilines is 2. The summed E-state index contributed by atoms with van der Waals surface area (Å²) >= 11 is 0. The fourth-order valence-corrected chi connectivity index (χ4v) is 5.17. The van der Waals surface area contributed by atoms with E-state index in [4.69, 9.17) is 15.7 Å². The van der Waals surface area contributed by atoms with Crippen LogP contribution >= 0.6 is 0 Å². The number of aromatic nitrogens is 2. The van der Waals surface area contributed by atoms with Crippen LogP contribution in [-0.4, -0.2) is 39.6 Å². The minimum Gasteiger partial charge on any atom is -0.423 e. The number of rotatable bonds is 6. The second-order valence-corrected chi connectivity index (χ2v) is 9.15. The van der Waals surface area contributed by atoms with E-state index in [-0.39, 0.29) is 11.8 Å². The number of benzene rings is 2. The second kappa shape index (κ2) is 9.08. The van der Waals surface area contributed by atoms with Crippen molar-refractivity contribution >= 4 is 30.0 Å². The van der Waals surface area contributed by atoms with Gasteiger partial charge in [0.05, 0.1) is 11.4 Å². The molecule has 0 radical (unpaired) electrons. The molecular weight excluding hydrogens is 429 g/mol.